The zero-order chi connectivity index (χ0) is 8.15. The molecule has 2 unspecified atom stereocenters. The lowest BCUT2D eigenvalue weighted by molar-refractivity contribution is -0.157. The lowest BCUT2D eigenvalue weighted by Gasteiger charge is -2.05. The van der Waals surface area contributed by atoms with E-state index in [-0.39, 0.29) is 6.42 Å². The molecule has 0 amide bonds. The standard InChI is InChI=1S/C6H11FO3/c1-4(8)3-6(9)10-5(2)7/h4-5,8H,3H2,1-2H3. The van der Waals surface area contributed by atoms with Crippen molar-refractivity contribution >= 4 is 5.97 Å². The van der Waals surface area contributed by atoms with Crippen LogP contribution >= 0.6 is 0 Å². The van der Waals surface area contributed by atoms with Gasteiger partial charge in [0, 0.05) is 6.92 Å². The maximum atomic E-state index is 11.9. The summed E-state index contributed by atoms with van der Waals surface area (Å²) in [6.45, 7) is 2.55. The fourth-order valence-electron chi connectivity index (χ4n) is 0.470. The Bertz CT molecular complexity index is 99.6. The number of ether oxygens (including phenoxy) is 1. The Morgan fingerprint density at radius 3 is 2.50 bits per heavy atom. The second-order valence-electron chi connectivity index (χ2n) is 2.09. The fourth-order valence-corrected chi connectivity index (χ4v) is 0.470. The summed E-state index contributed by atoms with van der Waals surface area (Å²) >= 11 is 0. The molecule has 4 heteroatoms. The van der Waals surface area contributed by atoms with Gasteiger partial charge in [-0.2, -0.15) is 0 Å². The van der Waals surface area contributed by atoms with Crippen LogP contribution in [-0.4, -0.2) is 23.5 Å². The molecule has 0 aromatic rings. The predicted molar refractivity (Wildman–Crippen MR) is 33.0 cm³/mol. The second-order valence-corrected chi connectivity index (χ2v) is 2.09. The molecule has 0 rings (SSSR count). The van der Waals surface area contributed by atoms with E-state index in [1.165, 1.54) is 6.92 Å². The predicted octanol–water partition coefficient (Wildman–Crippen LogP) is 0.616. The molecule has 0 fully saturated rings. The molecular weight excluding hydrogens is 139 g/mol. The topological polar surface area (TPSA) is 46.5 Å². The molecule has 1 N–H and O–H groups in total. The van der Waals surface area contributed by atoms with E-state index in [0.717, 1.165) is 6.92 Å². The summed E-state index contributed by atoms with van der Waals surface area (Å²) in [5.74, 6) is -0.718. The molecule has 0 aromatic heterocycles. The smallest absolute Gasteiger partial charge is 0.310 e. The molecule has 10 heavy (non-hydrogen) atoms. The van der Waals surface area contributed by atoms with E-state index in [2.05, 4.69) is 4.74 Å². The van der Waals surface area contributed by atoms with Crippen LogP contribution in [0.3, 0.4) is 0 Å². The molecule has 0 aliphatic heterocycles. The van der Waals surface area contributed by atoms with Crippen LogP contribution in [-0.2, 0) is 9.53 Å². The first-order valence-electron chi connectivity index (χ1n) is 3.04. The van der Waals surface area contributed by atoms with E-state index in [9.17, 15) is 9.18 Å². The normalized spacial score (nSPS) is 16.0. The Labute approximate surface area is 58.8 Å². The van der Waals surface area contributed by atoms with E-state index < -0.39 is 18.4 Å². The van der Waals surface area contributed by atoms with Crippen molar-refractivity contribution in [2.24, 2.45) is 0 Å². The van der Waals surface area contributed by atoms with Gasteiger partial charge < -0.3 is 9.84 Å². The molecule has 2 atom stereocenters. The van der Waals surface area contributed by atoms with Crippen molar-refractivity contribution in [1.82, 2.24) is 0 Å². The molecular formula is C6H11FO3. The third-order valence-corrected chi connectivity index (χ3v) is 0.756. The van der Waals surface area contributed by atoms with Gasteiger partial charge in [-0.25, -0.2) is 4.39 Å². The Kier molecular flexibility index (Phi) is 3.95. The summed E-state index contributed by atoms with van der Waals surface area (Å²) < 4.78 is 16.0. The Morgan fingerprint density at radius 1 is 1.70 bits per heavy atom. The van der Waals surface area contributed by atoms with Crippen LogP contribution in [0.5, 0.6) is 0 Å². The zero-order valence-corrected chi connectivity index (χ0v) is 6.00. The number of halogens is 1. The minimum Gasteiger partial charge on any atom is -0.431 e. The third kappa shape index (κ3) is 5.50. The van der Waals surface area contributed by atoms with Crippen molar-refractivity contribution in [2.75, 3.05) is 0 Å². The van der Waals surface area contributed by atoms with Crippen LogP contribution in [0.4, 0.5) is 4.39 Å². The molecule has 0 spiro atoms. The minimum absolute atomic E-state index is 0.158. The first-order valence-corrected chi connectivity index (χ1v) is 3.04. The van der Waals surface area contributed by atoms with Crippen LogP contribution in [0.2, 0.25) is 0 Å². The fraction of sp³-hybridized carbons (Fsp3) is 0.833. The summed E-state index contributed by atoms with van der Waals surface area (Å²) in [7, 11) is 0. The minimum atomic E-state index is -1.59. The van der Waals surface area contributed by atoms with Crippen LogP contribution in [0.25, 0.3) is 0 Å². The van der Waals surface area contributed by atoms with E-state index in [0.29, 0.717) is 0 Å². The highest BCUT2D eigenvalue weighted by molar-refractivity contribution is 5.69. The van der Waals surface area contributed by atoms with Gasteiger partial charge in [0.15, 0.2) is 0 Å². The lowest BCUT2D eigenvalue weighted by Crippen LogP contribution is -2.15. The van der Waals surface area contributed by atoms with E-state index in [1.54, 1.807) is 0 Å². The second kappa shape index (κ2) is 4.22. The van der Waals surface area contributed by atoms with Gasteiger partial charge in [-0.3, -0.25) is 4.79 Å². The largest absolute Gasteiger partial charge is 0.431 e. The molecule has 0 aliphatic carbocycles. The van der Waals surface area contributed by atoms with Crippen molar-refractivity contribution in [2.45, 2.75) is 32.7 Å². The highest BCUT2D eigenvalue weighted by Crippen LogP contribution is 1.97. The van der Waals surface area contributed by atoms with Crippen molar-refractivity contribution < 1.29 is 19.0 Å². The number of hydrogen-bond acceptors (Lipinski definition) is 3. The molecule has 0 bridgehead atoms. The van der Waals surface area contributed by atoms with Gasteiger partial charge in [-0.1, -0.05) is 0 Å². The summed E-state index contributed by atoms with van der Waals surface area (Å²) in [6, 6.07) is 0. The van der Waals surface area contributed by atoms with Gasteiger partial charge in [0.2, 0.25) is 6.36 Å². The molecule has 3 nitrogen and oxygen atoms in total. The Hall–Kier alpha value is -0.640. The van der Waals surface area contributed by atoms with Crippen LogP contribution < -0.4 is 0 Å². The van der Waals surface area contributed by atoms with Crippen molar-refractivity contribution in [1.29, 1.82) is 0 Å². The summed E-state index contributed by atoms with van der Waals surface area (Å²) in [5.41, 5.74) is 0. The van der Waals surface area contributed by atoms with E-state index in [4.69, 9.17) is 5.11 Å². The Balaban J connectivity index is 3.44. The highest BCUT2D eigenvalue weighted by Gasteiger charge is 2.09. The van der Waals surface area contributed by atoms with Gasteiger partial charge in [0.25, 0.3) is 0 Å². The number of carbonyl (C=O) groups excluding carboxylic acids is 1. The maximum absolute atomic E-state index is 11.9. The molecule has 0 saturated heterocycles. The summed E-state index contributed by atoms with van der Waals surface area (Å²) in [5, 5.41) is 8.61. The number of alkyl halides is 1. The summed E-state index contributed by atoms with van der Waals surface area (Å²) in [6.07, 6.45) is -2.52. The van der Waals surface area contributed by atoms with Gasteiger partial charge in [-0.15, -0.1) is 0 Å². The molecule has 0 radical (unpaired) electrons. The van der Waals surface area contributed by atoms with Gasteiger partial charge in [0.1, 0.15) is 0 Å². The van der Waals surface area contributed by atoms with Gasteiger partial charge in [-0.05, 0) is 6.92 Å². The molecule has 0 saturated carbocycles. The Morgan fingerprint density at radius 2 is 2.20 bits per heavy atom. The van der Waals surface area contributed by atoms with Crippen LogP contribution in [0.1, 0.15) is 20.3 Å². The molecule has 0 aliphatic rings. The van der Waals surface area contributed by atoms with Crippen molar-refractivity contribution in [3.63, 3.8) is 0 Å². The molecule has 0 aromatic carbocycles. The van der Waals surface area contributed by atoms with Crippen LogP contribution in [0, 0.1) is 0 Å². The number of hydrogen-bond donors (Lipinski definition) is 1. The van der Waals surface area contributed by atoms with E-state index in [1.807, 2.05) is 0 Å². The third-order valence-electron chi connectivity index (χ3n) is 0.756. The SMILES string of the molecule is CC(O)CC(=O)OC(C)F. The van der Waals surface area contributed by atoms with Gasteiger partial charge in [0.05, 0.1) is 12.5 Å². The summed E-state index contributed by atoms with van der Waals surface area (Å²) in [4.78, 5) is 10.4. The monoisotopic (exact) mass is 150 g/mol. The number of aliphatic hydroxyl groups excluding tert-OH is 1. The number of aliphatic hydroxyl groups is 1. The average molecular weight is 150 g/mol. The zero-order valence-electron chi connectivity index (χ0n) is 6.00. The van der Waals surface area contributed by atoms with Gasteiger partial charge >= 0.3 is 5.97 Å². The van der Waals surface area contributed by atoms with Crippen molar-refractivity contribution in [3.05, 3.63) is 0 Å². The highest BCUT2D eigenvalue weighted by atomic mass is 19.1. The quantitative estimate of drug-likeness (QED) is 0.600. The number of esters is 1. The average Bonchev–Trinajstić information content (AvgIpc) is 1.58. The van der Waals surface area contributed by atoms with Crippen LogP contribution in [0.15, 0.2) is 0 Å². The molecule has 0 heterocycles. The van der Waals surface area contributed by atoms with E-state index >= 15 is 0 Å². The van der Waals surface area contributed by atoms with Crippen molar-refractivity contribution in [3.8, 4) is 0 Å². The number of carbonyl (C=O) groups is 1. The molecule has 60 valence electrons. The first-order chi connectivity index (χ1) is 4.52. The first kappa shape index (κ1) is 9.36. The number of rotatable bonds is 3. The maximum Gasteiger partial charge on any atom is 0.310 e. The lowest BCUT2D eigenvalue weighted by atomic mass is 10.3.